The fourth-order valence-electron chi connectivity index (χ4n) is 2.54. The van der Waals surface area contributed by atoms with Gasteiger partial charge in [0.05, 0.1) is 18.7 Å². The summed E-state index contributed by atoms with van der Waals surface area (Å²) < 4.78 is 5.27. The van der Waals surface area contributed by atoms with E-state index in [0.29, 0.717) is 5.56 Å². The van der Waals surface area contributed by atoms with Crippen LogP contribution in [-0.2, 0) is 11.2 Å². The number of carbonyl (C=O) groups excluding carboxylic acids is 2. The highest BCUT2D eigenvalue weighted by Crippen LogP contribution is 2.26. The Morgan fingerprint density at radius 3 is 2.67 bits per heavy atom. The summed E-state index contributed by atoms with van der Waals surface area (Å²) in [6.07, 6.45) is 1.87. The van der Waals surface area contributed by atoms with E-state index in [-0.39, 0.29) is 24.3 Å². The maximum absolute atomic E-state index is 12.2. The number of likely N-dealkylation sites (N-methyl/N-ethyl adjacent to an activating group) is 1. The summed E-state index contributed by atoms with van der Waals surface area (Å²) in [7, 11) is 1.50. The van der Waals surface area contributed by atoms with Crippen LogP contribution in [0.25, 0.3) is 0 Å². The van der Waals surface area contributed by atoms with Crippen LogP contribution in [0.15, 0.2) is 34.9 Å². The van der Waals surface area contributed by atoms with E-state index in [1.165, 1.54) is 7.05 Å². The topological polar surface area (TPSA) is 76.5 Å². The molecule has 0 fully saturated rings. The first kappa shape index (κ1) is 13.6. The van der Waals surface area contributed by atoms with Crippen molar-refractivity contribution in [1.29, 1.82) is 0 Å². The Morgan fingerprint density at radius 1 is 1.24 bits per heavy atom. The first-order valence-electron chi connectivity index (χ1n) is 6.71. The van der Waals surface area contributed by atoms with Crippen molar-refractivity contribution in [3.05, 3.63) is 58.5 Å². The first-order valence-corrected chi connectivity index (χ1v) is 6.71. The molecule has 1 unspecified atom stereocenters. The van der Waals surface area contributed by atoms with E-state index in [1.807, 2.05) is 19.1 Å². The molecule has 0 radical (unpaired) electrons. The summed E-state index contributed by atoms with van der Waals surface area (Å²) in [6.45, 7) is 1.85. The molecule has 1 aliphatic rings. The van der Waals surface area contributed by atoms with Gasteiger partial charge in [0, 0.05) is 18.2 Å². The summed E-state index contributed by atoms with van der Waals surface area (Å²) >= 11 is 0. The van der Waals surface area contributed by atoms with Crippen molar-refractivity contribution < 1.29 is 14.0 Å². The third-order valence-corrected chi connectivity index (χ3v) is 3.85. The molecule has 0 saturated heterocycles. The summed E-state index contributed by atoms with van der Waals surface area (Å²) in [5.74, 6) is 0.327. The predicted molar refractivity (Wildman–Crippen MR) is 76.7 cm³/mol. The van der Waals surface area contributed by atoms with Crippen LogP contribution in [0.2, 0.25) is 0 Å². The van der Waals surface area contributed by atoms with Gasteiger partial charge in [0.25, 0.3) is 5.91 Å². The Balaban J connectivity index is 2.00. The van der Waals surface area contributed by atoms with E-state index in [0.717, 1.165) is 27.4 Å². The Kier molecular flexibility index (Phi) is 3.14. The monoisotopic (exact) mass is 284 g/mol. The molecule has 1 aliphatic heterocycles. The highest BCUT2D eigenvalue weighted by molar-refractivity contribution is 6.09. The minimum absolute atomic E-state index is 0.185. The zero-order chi connectivity index (χ0) is 15.1. The Hall–Kier alpha value is -2.40. The second-order valence-electron chi connectivity index (χ2n) is 5.32. The van der Waals surface area contributed by atoms with Crippen LogP contribution in [-0.4, -0.2) is 23.8 Å². The lowest BCUT2D eigenvalue weighted by Crippen LogP contribution is -2.39. The molecule has 108 valence electrons. The van der Waals surface area contributed by atoms with E-state index < -0.39 is 0 Å². The molecule has 5 nitrogen and oxygen atoms in total. The first-order chi connectivity index (χ1) is 9.97. The molecular formula is C16H16N2O3. The molecule has 0 bridgehead atoms. The quantitative estimate of drug-likeness (QED) is 0.853. The van der Waals surface area contributed by atoms with Gasteiger partial charge in [0.1, 0.15) is 5.76 Å². The molecule has 5 heteroatoms. The zero-order valence-corrected chi connectivity index (χ0v) is 11.9. The summed E-state index contributed by atoms with van der Waals surface area (Å²) in [5.41, 5.74) is 9.20. The zero-order valence-electron chi connectivity index (χ0n) is 11.9. The Bertz CT molecular complexity index is 733. The third-order valence-electron chi connectivity index (χ3n) is 3.85. The van der Waals surface area contributed by atoms with E-state index >= 15 is 0 Å². The second kappa shape index (κ2) is 4.86. The number of nitrogens with zero attached hydrogens (tertiary/aromatic N) is 1. The highest BCUT2D eigenvalue weighted by Gasteiger charge is 2.28. The van der Waals surface area contributed by atoms with Crippen LogP contribution in [0.1, 0.15) is 38.9 Å². The van der Waals surface area contributed by atoms with E-state index in [9.17, 15) is 9.59 Å². The molecule has 0 saturated carbocycles. The molecule has 0 aliphatic carbocycles. The lowest BCUT2D eigenvalue weighted by atomic mass is 9.93. The van der Waals surface area contributed by atoms with Crippen molar-refractivity contribution in [3.63, 3.8) is 0 Å². The second-order valence-corrected chi connectivity index (χ2v) is 5.32. The highest BCUT2D eigenvalue weighted by atomic mass is 16.3. The number of hydrogen-bond donors (Lipinski definition) is 1. The Labute approximate surface area is 122 Å². The lowest BCUT2D eigenvalue weighted by Gasteiger charge is -2.24. The van der Waals surface area contributed by atoms with Crippen molar-refractivity contribution in [1.82, 2.24) is 4.90 Å². The van der Waals surface area contributed by atoms with Gasteiger partial charge < -0.3 is 10.2 Å². The smallest absolute Gasteiger partial charge is 0.260 e. The number of nitrogens with two attached hydrogens (primary N) is 1. The molecule has 3 rings (SSSR count). The number of fused-ring (bicyclic) bond motifs is 1. The summed E-state index contributed by atoms with van der Waals surface area (Å²) in [6, 6.07) is 6.95. The fourth-order valence-corrected chi connectivity index (χ4v) is 2.54. The average Bonchev–Trinajstić information content (AvgIpc) is 2.90. The lowest BCUT2D eigenvalue weighted by molar-refractivity contribution is -0.127. The van der Waals surface area contributed by atoms with Crippen LogP contribution in [0.3, 0.4) is 0 Å². The number of furan rings is 1. The number of aryl methyl sites for hydroxylation is 1. The minimum atomic E-state index is -0.358. The van der Waals surface area contributed by atoms with Gasteiger partial charge >= 0.3 is 0 Å². The van der Waals surface area contributed by atoms with E-state index in [2.05, 4.69) is 0 Å². The van der Waals surface area contributed by atoms with Gasteiger partial charge in [-0.05, 0) is 30.2 Å². The molecule has 1 aromatic carbocycles. The SMILES string of the molecule is Cc1cc(C(N)c2ccc3c(c2)C(=O)N(C)C(=O)C3)co1. The number of rotatable bonds is 2. The van der Waals surface area contributed by atoms with Crippen molar-refractivity contribution in [3.8, 4) is 0 Å². The molecule has 1 aromatic heterocycles. The normalized spacial score (nSPS) is 16.0. The predicted octanol–water partition coefficient (Wildman–Crippen LogP) is 1.79. The molecule has 2 heterocycles. The number of imide groups is 1. The van der Waals surface area contributed by atoms with Crippen LogP contribution >= 0.6 is 0 Å². The molecule has 0 spiro atoms. The molecule has 1 atom stereocenters. The molecular weight excluding hydrogens is 268 g/mol. The summed E-state index contributed by atoms with van der Waals surface area (Å²) in [5, 5.41) is 0. The number of carbonyl (C=O) groups is 2. The van der Waals surface area contributed by atoms with Crippen LogP contribution in [0, 0.1) is 6.92 Å². The van der Waals surface area contributed by atoms with E-state index in [1.54, 1.807) is 18.4 Å². The molecule has 2 amide bonds. The van der Waals surface area contributed by atoms with E-state index in [4.69, 9.17) is 10.2 Å². The molecule has 2 N–H and O–H groups in total. The largest absolute Gasteiger partial charge is 0.469 e. The Morgan fingerprint density at radius 2 is 2.00 bits per heavy atom. The van der Waals surface area contributed by atoms with Gasteiger partial charge in [0.2, 0.25) is 5.91 Å². The fraction of sp³-hybridized carbons (Fsp3) is 0.250. The van der Waals surface area contributed by atoms with Crippen LogP contribution in [0.5, 0.6) is 0 Å². The van der Waals surface area contributed by atoms with Crippen LogP contribution < -0.4 is 5.73 Å². The van der Waals surface area contributed by atoms with Gasteiger partial charge in [0.15, 0.2) is 0 Å². The summed E-state index contributed by atoms with van der Waals surface area (Å²) in [4.78, 5) is 25.0. The number of hydrogen-bond acceptors (Lipinski definition) is 4. The standard InChI is InChI=1S/C16H16N2O3/c1-9-5-12(8-21-9)15(17)11-4-3-10-7-14(19)18(2)16(20)13(10)6-11/h3-6,8,15H,7,17H2,1-2H3. The maximum atomic E-state index is 12.2. The van der Waals surface area contributed by atoms with Gasteiger partial charge in [-0.1, -0.05) is 12.1 Å². The minimum Gasteiger partial charge on any atom is -0.469 e. The maximum Gasteiger partial charge on any atom is 0.260 e. The number of amides is 2. The van der Waals surface area contributed by atoms with Gasteiger partial charge in [-0.2, -0.15) is 0 Å². The molecule has 2 aromatic rings. The van der Waals surface area contributed by atoms with Gasteiger partial charge in [-0.3, -0.25) is 14.5 Å². The molecule has 21 heavy (non-hydrogen) atoms. The van der Waals surface area contributed by atoms with Gasteiger partial charge in [-0.15, -0.1) is 0 Å². The van der Waals surface area contributed by atoms with Crippen molar-refractivity contribution in [2.24, 2.45) is 5.73 Å². The number of benzene rings is 1. The van der Waals surface area contributed by atoms with Crippen molar-refractivity contribution >= 4 is 11.8 Å². The van der Waals surface area contributed by atoms with Crippen LogP contribution in [0.4, 0.5) is 0 Å². The van der Waals surface area contributed by atoms with Crippen molar-refractivity contribution in [2.75, 3.05) is 7.05 Å². The third kappa shape index (κ3) is 2.25. The van der Waals surface area contributed by atoms with Crippen molar-refractivity contribution in [2.45, 2.75) is 19.4 Å². The van der Waals surface area contributed by atoms with Gasteiger partial charge in [-0.25, -0.2) is 0 Å². The average molecular weight is 284 g/mol.